The van der Waals surface area contributed by atoms with Gasteiger partial charge in [-0.1, -0.05) is 30.3 Å². The molecular weight excluding hydrogens is 380 g/mol. The summed E-state index contributed by atoms with van der Waals surface area (Å²) in [5.41, 5.74) is 2.71. The lowest BCUT2D eigenvalue weighted by Crippen LogP contribution is -2.51. The third-order valence-corrected chi connectivity index (χ3v) is 5.29. The van der Waals surface area contributed by atoms with Gasteiger partial charge in [0, 0.05) is 38.1 Å². The first-order valence-electron chi connectivity index (χ1n) is 10.1. The van der Waals surface area contributed by atoms with Gasteiger partial charge < -0.3 is 14.5 Å². The molecule has 4 rings (SSSR count). The van der Waals surface area contributed by atoms with Gasteiger partial charge in [-0.25, -0.2) is 0 Å². The number of nitrogens with zero attached hydrogens (tertiary/aromatic N) is 6. The molecule has 1 saturated heterocycles. The Hall–Kier alpha value is -2.97. The third kappa shape index (κ3) is 4.44. The van der Waals surface area contributed by atoms with Crippen LogP contribution >= 0.6 is 0 Å². The lowest BCUT2D eigenvalue weighted by atomic mass is 9.99. The van der Waals surface area contributed by atoms with Crippen molar-refractivity contribution >= 4 is 5.91 Å². The second-order valence-electron chi connectivity index (χ2n) is 7.97. The molecule has 1 amide bonds. The second-order valence-corrected chi connectivity index (χ2v) is 7.97. The normalized spacial score (nSPS) is 19.4. The topological polar surface area (TPSA) is 68.4 Å². The van der Waals surface area contributed by atoms with Crippen molar-refractivity contribution in [3.05, 3.63) is 71.8 Å². The van der Waals surface area contributed by atoms with Crippen LogP contribution in [0.2, 0.25) is 0 Å². The van der Waals surface area contributed by atoms with E-state index in [1.165, 1.54) is 0 Å². The Morgan fingerprint density at radius 2 is 1.97 bits per heavy atom. The van der Waals surface area contributed by atoms with Gasteiger partial charge in [0.2, 0.25) is 0 Å². The first-order chi connectivity index (χ1) is 14.5. The molecule has 30 heavy (non-hydrogen) atoms. The third-order valence-electron chi connectivity index (χ3n) is 5.29. The van der Waals surface area contributed by atoms with Crippen LogP contribution in [0.5, 0.6) is 0 Å². The average Bonchev–Trinajstić information content (AvgIpc) is 3.37. The van der Waals surface area contributed by atoms with Gasteiger partial charge in [-0.05, 0) is 19.7 Å². The Labute approximate surface area is 176 Å². The molecule has 0 bridgehead atoms. The minimum atomic E-state index is -0.195. The summed E-state index contributed by atoms with van der Waals surface area (Å²) in [6.07, 6.45) is 7.14. The molecule has 0 aliphatic carbocycles. The van der Waals surface area contributed by atoms with Gasteiger partial charge in [0.15, 0.2) is 0 Å². The molecule has 0 spiro atoms. The highest BCUT2D eigenvalue weighted by Gasteiger charge is 2.38. The average molecular weight is 409 g/mol. The van der Waals surface area contributed by atoms with Crippen molar-refractivity contribution in [3.63, 3.8) is 0 Å². The molecule has 8 heteroatoms. The minimum absolute atomic E-state index is 0.0322. The van der Waals surface area contributed by atoms with Crippen LogP contribution in [0.3, 0.4) is 0 Å². The molecule has 158 valence electrons. The van der Waals surface area contributed by atoms with Gasteiger partial charge in [-0.15, -0.1) is 0 Å². The zero-order valence-corrected chi connectivity index (χ0v) is 17.7. The Bertz CT molecular complexity index is 980. The van der Waals surface area contributed by atoms with Crippen molar-refractivity contribution in [3.8, 4) is 0 Å². The second kappa shape index (κ2) is 8.81. The van der Waals surface area contributed by atoms with E-state index >= 15 is 0 Å². The van der Waals surface area contributed by atoms with E-state index in [2.05, 4.69) is 27.2 Å². The summed E-state index contributed by atoms with van der Waals surface area (Å²) >= 11 is 0. The Morgan fingerprint density at radius 3 is 2.67 bits per heavy atom. The van der Waals surface area contributed by atoms with Crippen LogP contribution in [-0.4, -0.2) is 75.2 Å². The predicted molar refractivity (Wildman–Crippen MR) is 113 cm³/mol. The number of morpholine rings is 1. The van der Waals surface area contributed by atoms with Crippen LogP contribution in [0.15, 0.2) is 55.1 Å². The smallest absolute Gasteiger partial charge is 0.257 e. The summed E-state index contributed by atoms with van der Waals surface area (Å²) < 4.78 is 9.64. The fourth-order valence-corrected chi connectivity index (χ4v) is 3.96. The number of rotatable bonds is 6. The Balaban J connectivity index is 1.58. The van der Waals surface area contributed by atoms with Crippen LogP contribution in [0.25, 0.3) is 0 Å². The fourth-order valence-electron chi connectivity index (χ4n) is 3.96. The monoisotopic (exact) mass is 408 g/mol. The van der Waals surface area contributed by atoms with Crippen LogP contribution in [0.4, 0.5) is 0 Å². The van der Waals surface area contributed by atoms with E-state index in [4.69, 9.17) is 4.74 Å². The number of ether oxygens (including phenoxy) is 1. The Morgan fingerprint density at radius 1 is 1.17 bits per heavy atom. The molecule has 3 heterocycles. The molecule has 2 atom stereocenters. The number of benzene rings is 1. The van der Waals surface area contributed by atoms with Gasteiger partial charge in [0.25, 0.3) is 5.91 Å². The van der Waals surface area contributed by atoms with Crippen molar-refractivity contribution in [1.82, 2.24) is 29.4 Å². The number of amides is 1. The zero-order chi connectivity index (χ0) is 21.1. The number of hydrogen-bond acceptors (Lipinski definition) is 5. The SMILES string of the molecule is CN(C)C[C@@H]1OCCN(C(=O)c2cnn(Cc3ccccc3)c2)[C@H]1c1cnn(C)c1. The van der Waals surface area contributed by atoms with Gasteiger partial charge in [0.05, 0.1) is 43.3 Å². The van der Waals surface area contributed by atoms with E-state index in [1.807, 2.05) is 62.8 Å². The molecule has 1 aliphatic rings. The Kier molecular flexibility index (Phi) is 5.96. The van der Waals surface area contributed by atoms with Crippen LogP contribution in [-0.2, 0) is 18.3 Å². The largest absolute Gasteiger partial charge is 0.373 e. The molecule has 8 nitrogen and oxygen atoms in total. The molecule has 3 aromatic rings. The van der Waals surface area contributed by atoms with Gasteiger partial charge in [-0.3, -0.25) is 14.2 Å². The molecule has 1 aromatic carbocycles. The standard InChI is InChI=1S/C22H28N6O2/c1-25(2)16-20-21(18-11-23-26(3)14-18)28(9-10-30-20)22(29)19-12-24-27(15-19)13-17-7-5-4-6-8-17/h4-8,11-12,14-15,20-21H,9-10,13,16H2,1-3H3/t20-,21-/m0/s1. The quantitative estimate of drug-likeness (QED) is 0.622. The van der Waals surface area contributed by atoms with E-state index in [1.54, 1.807) is 15.6 Å². The molecular formula is C22H28N6O2. The van der Waals surface area contributed by atoms with E-state index in [0.717, 1.165) is 17.7 Å². The number of hydrogen-bond donors (Lipinski definition) is 0. The first kappa shape index (κ1) is 20.3. The highest BCUT2D eigenvalue weighted by atomic mass is 16.5. The summed E-state index contributed by atoms with van der Waals surface area (Å²) in [4.78, 5) is 17.4. The maximum absolute atomic E-state index is 13.5. The van der Waals surface area contributed by atoms with Crippen molar-refractivity contribution in [1.29, 1.82) is 0 Å². The number of likely N-dealkylation sites (N-methyl/N-ethyl adjacent to an activating group) is 1. The highest BCUT2D eigenvalue weighted by molar-refractivity contribution is 5.94. The fraction of sp³-hybridized carbons (Fsp3) is 0.409. The molecule has 0 unspecified atom stereocenters. The molecule has 1 fully saturated rings. The van der Waals surface area contributed by atoms with Crippen molar-refractivity contribution in [2.75, 3.05) is 33.8 Å². The van der Waals surface area contributed by atoms with Crippen LogP contribution in [0.1, 0.15) is 27.5 Å². The number of aromatic nitrogens is 4. The molecule has 2 aromatic heterocycles. The predicted octanol–water partition coefficient (Wildman–Crippen LogP) is 1.81. The minimum Gasteiger partial charge on any atom is -0.373 e. The lowest BCUT2D eigenvalue weighted by molar-refractivity contribution is -0.0684. The van der Waals surface area contributed by atoms with Gasteiger partial charge in [0.1, 0.15) is 0 Å². The number of carbonyl (C=O) groups is 1. The van der Waals surface area contributed by atoms with E-state index in [-0.39, 0.29) is 18.1 Å². The van der Waals surface area contributed by atoms with Gasteiger partial charge in [-0.2, -0.15) is 10.2 Å². The van der Waals surface area contributed by atoms with Crippen molar-refractivity contribution < 1.29 is 9.53 Å². The summed E-state index contributed by atoms with van der Waals surface area (Å²) in [6.45, 7) is 2.40. The zero-order valence-electron chi connectivity index (χ0n) is 17.7. The van der Waals surface area contributed by atoms with Crippen LogP contribution < -0.4 is 0 Å². The molecule has 0 saturated carbocycles. The summed E-state index contributed by atoms with van der Waals surface area (Å²) in [7, 11) is 5.91. The van der Waals surface area contributed by atoms with Gasteiger partial charge >= 0.3 is 0 Å². The molecule has 0 N–H and O–H groups in total. The molecule has 0 radical (unpaired) electrons. The lowest BCUT2D eigenvalue weighted by Gasteiger charge is -2.41. The maximum atomic E-state index is 13.5. The van der Waals surface area contributed by atoms with E-state index in [9.17, 15) is 4.79 Å². The summed E-state index contributed by atoms with van der Waals surface area (Å²) in [6, 6.07) is 9.90. The molecule has 1 aliphatic heterocycles. The number of aryl methyl sites for hydroxylation is 1. The summed E-state index contributed by atoms with van der Waals surface area (Å²) in [5, 5.41) is 8.73. The van der Waals surface area contributed by atoms with E-state index in [0.29, 0.717) is 25.3 Å². The maximum Gasteiger partial charge on any atom is 0.257 e. The number of carbonyl (C=O) groups excluding carboxylic acids is 1. The van der Waals surface area contributed by atoms with Crippen molar-refractivity contribution in [2.24, 2.45) is 7.05 Å². The first-order valence-corrected chi connectivity index (χ1v) is 10.1. The van der Waals surface area contributed by atoms with Crippen molar-refractivity contribution in [2.45, 2.75) is 18.7 Å². The highest BCUT2D eigenvalue weighted by Crippen LogP contribution is 2.31. The van der Waals surface area contributed by atoms with E-state index < -0.39 is 0 Å². The van der Waals surface area contributed by atoms with Crippen LogP contribution in [0, 0.1) is 0 Å². The summed E-state index contributed by atoms with van der Waals surface area (Å²) in [5.74, 6) is -0.0322.